The van der Waals surface area contributed by atoms with Crippen LogP contribution in [0.3, 0.4) is 0 Å². The Morgan fingerprint density at radius 1 is 0.846 bits per heavy atom. The molecule has 0 radical (unpaired) electrons. The van der Waals surface area contributed by atoms with E-state index in [2.05, 4.69) is 81.5 Å². The van der Waals surface area contributed by atoms with Crippen LogP contribution in [0.25, 0.3) is 12.2 Å². The van der Waals surface area contributed by atoms with Gasteiger partial charge < -0.3 is 5.11 Å². The normalized spacial score (nSPS) is 29.7. The Balaban J connectivity index is 1.42. The first kappa shape index (κ1) is 27.3. The topological polar surface area (TPSA) is 54.4 Å². The monoisotopic (exact) mass is 520 g/mol. The molecule has 0 aliphatic heterocycles. The fourth-order valence-electron chi connectivity index (χ4n) is 6.09. The maximum absolute atomic E-state index is 13.3. The Morgan fingerprint density at radius 2 is 1.67 bits per heavy atom. The van der Waals surface area contributed by atoms with E-state index in [0.717, 1.165) is 59.9 Å². The lowest BCUT2D eigenvalue weighted by Crippen LogP contribution is -2.21. The SMILES string of the molecule is CC1(C)/C=C/c2cc(CC3(C)/C=C/c4cc(C5/C=C\C=C\C(=O)CC5)ccc4C(=O)CC3)ccc2C(O)CC1. The number of benzene rings is 2. The molecule has 39 heavy (non-hydrogen) atoms. The third kappa shape index (κ3) is 6.47. The number of fused-ring (bicyclic) bond motifs is 2. The Hall–Kier alpha value is -3.30. The highest BCUT2D eigenvalue weighted by atomic mass is 16.3. The number of aliphatic hydroxyl groups is 1. The van der Waals surface area contributed by atoms with E-state index in [4.69, 9.17) is 0 Å². The van der Waals surface area contributed by atoms with E-state index in [-0.39, 0.29) is 28.3 Å². The molecule has 3 nitrogen and oxygen atoms in total. The lowest BCUT2D eigenvalue weighted by Gasteiger charge is -2.29. The van der Waals surface area contributed by atoms with Crippen molar-refractivity contribution in [2.24, 2.45) is 10.8 Å². The predicted octanol–water partition coefficient (Wildman–Crippen LogP) is 8.35. The smallest absolute Gasteiger partial charge is 0.163 e. The number of ketones is 2. The molecular formula is C36H40O3. The summed E-state index contributed by atoms with van der Waals surface area (Å²) in [5.74, 6) is 0.495. The van der Waals surface area contributed by atoms with Crippen LogP contribution in [0.2, 0.25) is 0 Å². The van der Waals surface area contributed by atoms with Crippen molar-refractivity contribution >= 4 is 23.7 Å². The summed E-state index contributed by atoms with van der Waals surface area (Å²) in [7, 11) is 0. The average molecular weight is 521 g/mol. The van der Waals surface area contributed by atoms with Gasteiger partial charge in [0.15, 0.2) is 11.6 Å². The van der Waals surface area contributed by atoms with Crippen molar-refractivity contribution < 1.29 is 14.7 Å². The average Bonchev–Trinajstić information content (AvgIpc) is 2.89. The Bertz CT molecular complexity index is 1390. The summed E-state index contributed by atoms with van der Waals surface area (Å²) in [5, 5.41) is 10.8. The maximum atomic E-state index is 13.3. The zero-order valence-electron chi connectivity index (χ0n) is 23.5. The van der Waals surface area contributed by atoms with Crippen LogP contribution in [0, 0.1) is 10.8 Å². The zero-order valence-corrected chi connectivity index (χ0v) is 23.5. The second kappa shape index (κ2) is 11.1. The van der Waals surface area contributed by atoms with Gasteiger partial charge in [-0.15, -0.1) is 0 Å². The van der Waals surface area contributed by atoms with Crippen molar-refractivity contribution in [2.45, 2.75) is 77.7 Å². The molecule has 3 heteroatoms. The van der Waals surface area contributed by atoms with Crippen LogP contribution < -0.4 is 0 Å². The lowest BCUT2D eigenvalue weighted by molar-refractivity contribution is -0.114. The Morgan fingerprint density at radius 3 is 2.51 bits per heavy atom. The van der Waals surface area contributed by atoms with Crippen LogP contribution in [0.5, 0.6) is 0 Å². The third-order valence-corrected chi connectivity index (χ3v) is 8.73. The van der Waals surface area contributed by atoms with Crippen LogP contribution in [0.1, 0.15) is 109 Å². The van der Waals surface area contributed by atoms with E-state index >= 15 is 0 Å². The summed E-state index contributed by atoms with van der Waals surface area (Å²) < 4.78 is 0. The lowest BCUT2D eigenvalue weighted by atomic mass is 9.75. The maximum Gasteiger partial charge on any atom is 0.163 e. The first-order valence-corrected chi connectivity index (χ1v) is 14.4. The summed E-state index contributed by atoms with van der Waals surface area (Å²) >= 11 is 0. The number of hydrogen-bond donors (Lipinski definition) is 1. The van der Waals surface area contributed by atoms with Crippen molar-refractivity contribution in [1.82, 2.24) is 0 Å². The summed E-state index contributed by atoms with van der Waals surface area (Å²) in [6.07, 6.45) is 21.1. The highest BCUT2D eigenvalue weighted by molar-refractivity contribution is 6.00. The van der Waals surface area contributed by atoms with Crippen molar-refractivity contribution in [3.8, 4) is 0 Å². The van der Waals surface area contributed by atoms with Gasteiger partial charge in [-0.3, -0.25) is 9.59 Å². The number of allylic oxidation sites excluding steroid dienone is 6. The van der Waals surface area contributed by atoms with E-state index < -0.39 is 6.10 Å². The minimum atomic E-state index is -0.444. The van der Waals surface area contributed by atoms with Crippen molar-refractivity contribution in [2.75, 3.05) is 0 Å². The largest absolute Gasteiger partial charge is 0.388 e. The minimum Gasteiger partial charge on any atom is -0.388 e. The van der Waals surface area contributed by atoms with Gasteiger partial charge in [-0.25, -0.2) is 0 Å². The number of rotatable bonds is 3. The number of carbonyl (C=O) groups excluding carboxylic acids is 2. The Labute approximate surface area is 233 Å². The molecule has 3 aliphatic rings. The summed E-state index contributed by atoms with van der Waals surface area (Å²) in [5.41, 5.74) is 6.10. The molecule has 0 saturated carbocycles. The number of aliphatic hydroxyl groups excluding tert-OH is 1. The molecule has 2 aromatic rings. The number of hydrogen-bond acceptors (Lipinski definition) is 3. The first-order chi connectivity index (χ1) is 18.6. The molecule has 0 heterocycles. The van der Waals surface area contributed by atoms with Gasteiger partial charge in [0, 0.05) is 24.3 Å². The molecule has 2 aromatic carbocycles. The number of carbonyl (C=O) groups is 2. The van der Waals surface area contributed by atoms with E-state index in [1.165, 1.54) is 5.56 Å². The third-order valence-electron chi connectivity index (χ3n) is 8.73. The van der Waals surface area contributed by atoms with Crippen LogP contribution in [0.15, 0.2) is 72.9 Å². The highest BCUT2D eigenvalue weighted by Crippen LogP contribution is 2.38. The minimum absolute atomic E-state index is 0.0630. The van der Waals surface area contributed by atoms with Crippen molar-refractivity contribution in [3.05, 3.63) is 106 Å². The summed E-state index contributed by atoms with van der Waals surface area (Å²) in [6.45, 7) is 6.68. The van der Waals surface area contributed by atoms with Gasteiger partial charge in [0.1, 0.15) is 0 Å². The van der Waals surface area contributed by atoms with Gasteiger partial charge in [0.25, 0.3) is 0 Å². The Kier molecular flexibility index (Phi) is 7.73. The van der Waals surface area contributed by atoms with E-state index in [0.29, 0.717) is 12.8 Å². The second-order valence-electron chi connectivity index (χ2n) is 12.6. The molecule has 3 unspecified atom stereocenters. The van der Waals surface area contributed by atoms with Crippen molar-refractivity contribution in [1.29, 1.82) is 0 Å². The van der Waals surface area contributed by atoms with Gasteiger partial charge in [-0.05, 0) is 76.8 Å². The molecule has 0 saturated heterocycles. The van der Waals surface area contributed by atoms with Crippen LogP contribution in [-0.2, 0) is 11.2 Å². The molecule has 202 valence electrons. The highest BCUT2D eigenvalue weighted by Gasteiger charge is 2.28. The van der Waals surface area contributed by atoms with E-state index in [1.807, 2.05) is 18.2 Å². The van der Waals surface area contributed by atoms with Gasteiger partial charge in [0.2, 0.25) is 0 Å². The van der Waals surface area contributed by atoms with E-state index in [1.54, 1.807) is 6.08 Å². The molecule has 0 bridgehead atoms. The molecule has 0 spiro atoms. The molecule has 3 atom stereocenters. The molecular weight excluding hydrogens is 480 g/mol. The zero-order chi connectivity index (χ0) is 27.6. The quantitative estimate of drug-likeness (QED) is 0.442. The van der Waals surface area contributed by atoms with Gasteiger partial charge in [-0.1, -0.05) is 99.7 Å². The van der Waals surface area contributed by atoms with Gasteiger partial charge in [0.05, 0.1) is 6.10 Å². The number of Topliss-reactive ketones (excluding diaryl/α,β-unsaturated/α-hetero) is 1. The molecule has 0 amide bonds. The predicted molar refractivity (Wildman–Crippen MR) is 160 cm³/mol. The van der Waals surface area contributed by atoms with Gasteiger partial charge in [-0.2, -0.15) is 0 Å². The standard InChI is InChI=1S/C36H40O3/c1-35(2)18-14-28-22-25(8-12-31(28)33(38)16-19-35)24-36(3)20-15-29-23-27(10-13-32(29)34(39)17-21-36)26-6-4-5-7-30(37)11-9-26/h4-8,10,12-15,18,20,22-23,26,33,38H,9,11,16-17,19,21,24H2,1-3H3/b6-4-,7-5+,18-14+,20-15+. The van der Waals surface area contributed by atoms with E-state index in [9.17, 15) is 14.7 Å². The summed E-state index contributed by atoms with van der Waals surface area (Å²) in [6, 6.07) is 12.6. The molecule has 5 rings (SSSR count). The van der Waals surface area contributed by atoms with Crippen molar-refractivity contribution in [3.63, 3.8) is 0 Å². The molecule has 0 fully saturated rings. The summed E-state index contributed by atoms with van der Waals surface area (Å²) in [4.78, 5) is 25.2. The van der Waals surface area contributed by atoms with Crippen LogP contribution >= 0.6 is 0 Å². The van der Waals surface area contributed by atoms with Crippen LogP contribution in [-0.4, -0.2) is 16.7 Å². The van der Waals surface area contributed by atoms with Gasteiger partial charge >= 0.3 is 0 Å². The first-order valence-electron chi connectivity index (χ1n) is 14.4. The molecule has 1 N–H and O–H groups in total. The second-order valence-corrected chi connectivity index (χ2v) is 12.6. The molecule has 0 aromatic heterocycles. The molecule has 3 aliphatic carbocycles. The van der Waals surface area contributed by atoms with Crippen LogP contribution in [0.4, 0.5) is 0 Å². The fraction of sp³-hybridized carbons (Fsp3) is 0.389. The fourth-order valence-corrected chi connectivity index (χ4v) is 6.09.